The van der Waals surface area contributed by atoms with Crippen LogP contribution in [0.1, 0.15) is 230 Å². The number of fused-ring (bicyclic) bond motifs is 6. The summed E-state index contributed by atoms with van der Waals surface area (Å²) in [6, 6.07) is 31.3. The molecule has 5 heterocycles. The van der Waals surface area contributed by atoms with Crippen LogP contribution in [0.2, 0.25) is 70.5 Å². The lowest BCUT2D eigenvalue weighted by Gasteiger charge is -2.52. The van der Waals surface area contributed by atoms with E-state index in [1.807, 2.05) is 166 Å². The first-order chi connectivity index (χ1) is 59.4. The van der Waals surface area contributed by atoms with Gasteiger partial charge in [0.2, 0.25) is 0 Å². The standard InChI is InChI=1S/C100H157NO19Si4/c1-25-121(26-2,69(9)10)117-87-61-60-83-62-84(113-98(112-83)78-52-56-80(105-21)57-53-78)65-91(102)109-75(19)74(18)94(119-123(29-5,30-6)71(13)14)73(17)48-44-41-39-37-35-33-34-36-38-40-42-47-51-82(111-92-66-86(101-96(103)77-49-45-43-46-50-77)95(76(20)110-92)120-124(31-7,32-8)72(15)16)63-89-93(97(104)107-23)90(118-122(27-3,28-4)70(11)12)68-100(108-24,116-89)67-85-64-88(87)115-99(114-85)79-54-58-81(106-22)59-55-79/h33-59,69-76,82-90,92-95,98-99H,25-32,60-68H2,1-24H3,(H,101,103)/b34-33+,37-35+,38-36+,41-39+,42-40+,48-44+,51-47+/t73-,74-,75-,76+,82-,83?,84+,85?,86+,87+,88+,89-,90-,92-,93-,94+,95+,98?,99?,100+/m0/s1. The highest BCUT2D eigenvalue weighted by Crippen LogP contribution is 2.49. The van der Waals surface area contributed by atoms with Crippen molar-refractivity contribution in [2.75, 3.05) is 28.4 Å². The molecule has 0 saturated carbocycles. The van der Waals surface area contributed by atoms with Crippen molar-refractivity contribution in [3.8, 4) is 11.5 Å². The van der Waals surface area contributed by atoms with Gasteiger partial charge in [0.1, 0.15) is 23.5 Å². The van der Waals surface area contributed by atoms with Gasteiger partial charge in [0.05, 0.1) is 101 Å². The van der Waals surface area contributed by atoms with Crippen molar-refractivity contribution in [1.29, 1.82) is 0 Å². The van der Waals surface area contributed by atoms with E-state index in [-0.39, 0.29) is 73.0 Å². The summed E-state index contributed by atoms with van der Waals surface area (Å²) in [5, 5.41) is 3.42. The lowest BCUT2D eigenvalue weighted by molar-refractivity contribution is -0.331. The van der Waals surface area contributed by atoms with Crippen LogP contribution in [0, 0.1) is 17.8 Å². The average molecular weight is 1790 g/mol. The lowest BCUT2D eigenvalue weighted by atomic mass is 9.82. The smallest absolute Gasteiger partial charge is 0.313 e. The molecule has 1 amide bonds. The third kappa shape index (κ3) is 27.7. The molecule has 0 aliphatic carbocycles. The van der Waals surface area contributed by atoms with Gasteiger partial charge in [-0.25, -0.2) is 0 Å². The highest BCUT2D eigenvalue weighted by molar-refractivity contribution is 6.76. The fourth-order valence-electron chi connectivity index (χ4n) is 19.4. The second-order valence-corrected chi connectivity index (χ2v) is 56.0. The summed E-state index contributed by atoms with van der Waals surface area (Å²) in [6.07, 6.45) is 21.1. The Bertz CT molecular complexity index is 3890. The summed E-state index contributed by atoms with van der Waals surface area (Å²) in [7, 11) is -3.50. The van der Waals surface area contributed by atoms with Gasteiger partial charge in [-0.05, 0) is 140 Å². The number of rotatable bonds is 30. The molecule has 20 nitrogen and oxygen atoms in total. The number of ether oxygens (including phenoxy) is 12. The van der Waals surface area contributed by atoms with Crippen LogP contribution in [-0.2, 0) is 74.7 Å². The monoisotopic (exact) mass is 1790 g/mol. The van der Waals surface area contributed by atoms with Crippen LogP contribution >= 0.6 is 0 Å². The number of esters is 2. The number of benzene rings is 3. The summed E-state index contributed by atoms with van der Waals surface area (Å²) in [6.45, 7) is 44.4. The lowest BCUT2D eigenvalue weighted by Crippen LogP contribution is -2.61. The van der Waals surface area contributed by atoms with E-state index in [2.05, 4.69) is 142 Å². The van der Waals surface area contributed by atoms with E-state index < -0.39 is 143 Å². The molecule has 692 valence electrons. The van der Waals surface area contributed by atoms with Gasteiger partial charge in [-0.3, -0.25) is 14.4 Å². The second kappa shape index (κ2) is 49.9. The number of methoxy groups -OCH3 is 4. The predicted molar refractivity (Wildman–Crippen MR) is 504 cm³/mol. The van der Waals surface area contributed by atoms with Crippen LogP contribution in [0.4, 0.5) is 0 Å². The van der Waals surface area contributed by atoms with Crippen molar-refractivity contribution in [3.05, 3.63) is 181 Å². The fraction of sp³-hybridized carbons (Fsp3) is 0.650. The molecule has 0 aromatic heterocycles. The van der Waals surface area contributed by atoms with E-state index in [0.29, 0.717) is 53.8 Å². The third-order valence-electron chi connectivity index (χ3n) is 28.1. The van der Waals surface area contributed by atoms with Crippen molar-refractivity contribution in [3.63, 3.8) is 0 Å². The Labute approximate surface area is 749 Å². The third-order valence-corrected chi connectivity index (χ3v) is 49.1. The van der Waals surface area contributed by atoms with Gasteiger partial charge in [0.15, 0.2) is 57.9 Å². The number of hydrogen-bond donors (Lipinski definition) is 1. The van der Waals surface area contributed by atoms with E-state index >= 15 is 4.79 Å². The van der Waals surface area contributed by atoms with E-state index in [4.69, 9.17) is 74.5 Å². The van der Waals surface area contributed by atoms with Crippen molar-refractivity contribution in [2.45, 2.75) is 371 Å². The zero-order chi connectivity index (χ0) is 90.5. The number of nitrogens with one attached hydrogen (secondary N) is 1. The molecule has 20 atom stereocenters. The molecule has 124 heavy (non-hydrogen) atoms. The van der Waals surface area contributed by atoms with E-state index in [1.165, 1.54) is 7.11 Å². The summed E-state index contributed by atoms with van der Waals surface area (Å²) < 4.78 is 113. The molecule has 24 heteroatoms. The molecular weight excluding hydrogens is 1630 g/mol. The number of amides is 1. The number of cyclic esters (lactones) is 1. The number of carbonyl (C=O) groups is 3. The molecule has 3 aromatic rings. The Morgan fingerprint density at radius 2 is 0.944 bits per heavy atom. The average Bonchev–Trinajstić information content (AvgIpc) is 0.755. The van der Waals surface area contributed by atoms with Gasteiger partial charge >= 0.3 is 11.9 Å². The Balaban J connectivity index is 1.29. The molecule has 4 saturated heterocycles. The van der Waals surface area contributed by atoms with Crippen LogP contribution < -0.4 is 14.8 Å². The van der Waals surface area contributed by atoms with E-state index in [1.54, 1.807) is 21.3 Å². The summed E-state index contributed by atoms with van der Waals surface area (Å²) in [5.41, 5.74) is 3.18. The Morgan fingerprint density at radius 1 is 0.476 bits per heavy atom. The van der Waals surface area contributed by atoms with Crippen molar-refractivity contribution in [2.24, 2.45) is 17.8 Å². The Morgan fingerprint density at radius 3 is 1.44 bits per heavy atom. The largest absolute Gasteiger partial charge is 0.497 e. The summed E-state index contributed by atoms with van der Waals surface area (Å²) in [4.78, 5) is 44.7. The molecule has 3 aromatic carbocycles. The van der Waals surface area contributed by atoms with Crippen molar-refractivity contribution < 1.29 is 88.9 Å². The Kier molecular flexibility index (Phi) is 41.7. The number of hydrogen-bond acceptors (Lipinski definition) is 19. The SMILES string of the molecule is CC[Si](CC)(O[C@H]1[C@@H](C)[C@H](C)OC(=O)C[C@H]2CC(CC[C@@H](O[Si](CC)(CC)C(C)C)[C@H]3CC(C[C@]4(OC)C[C@H](O[Si](CC)(CC)C(C)C)[C@@H](C(=O)OC)[C@H](C[C@@H](O[C@H]5C[C@@H](NC(=O)c6ccccc6)[C@H](O[Si](CC)(CC)C(C)C)[C@@H](C)O5)/C=C/C=C/C=C/C=C/C=C/C=C/C=C/[C@@H]1C)O4)OC(c1ccc(OC)cc1)O3)OC(c1ccc(OC)cc1)O2)C(C)C. The summed E-state index contributed by atoms with van der Waals surface area (Å²) in [5.74, 6) is -2.27. The summed E-state index contributed by atoms with van der Waals surface area (Å²) >= 11 is 0. The number of carbonyl (C=O) groups excluding carboxylic acids is 3. The molecule has 5 aliphatic heterocycles. The van der Waals surface area contributed by atoms with Gasteiger partial charge in [-0.15, -0.1) is 0 Å². The maximum absolute atomic E-state index is 15.3. The van der Waals surface area contributed by atoms with Crippen LogP contribution in [0.5, 0.6) is 11.5 Å². The van der Waals surface area contributed by atoms with Gasteiger partial charge in [0, 0.05) is 68.2 Å². The van der Waals surface area contributed by atoms with Crippen LogP contribution in [-0.4, -0.2) is 171 Å². The van der Waals surface area contributed by atoms with Crippen LogP contribution in [0.25, 0.3) is 0 Å². The molecule has 0 spiro atoms. The first-order valence-corrected chi connectivity index (χ1v) is 56.4. The highest BCUT2D eigenvalue weighted by Gasteiger charge is 2.57. The number of allylic oxidation sites excluding steroid dienone is 12. The molecular formula is C100H157NO19Si4. The fourth-order valence-corrected chi connectivity index (χ4v) is 34.0. The molecule has 8 rings (SSSR count). The van der Waals surface area contributed by atoms with E-state index in [0.717, 1.165) is 59.5 Å². The maximum atomic E-state index is 15.3. The molecule has 4 fully saturated rings. The topological polar surface area (TPSA) is 211 Å². The van der Waals surface area contributed by atoms with Crippen molar-refractivity contribution >= 4 is 51.1 Å². The molecule has 0 radical (unpaired) electrons. The predicted octanol–water partition coefficient (Wildman–Crippen LogP) is 23.2. The maximum Gasteiger partial charge on any atom is 0.313 e. The zero-order valence-electron chi connectivity index (χ0n) is 79.6. The van der Waals surface area contributed by atoms with E-state index in [9.17, 15) is 9.59 Å². The zero-order valence-corrected chi connectivity index (χ0v) is 83.6. The van der Waals surface area contributed by atoms with Crippen LogP contribution in [0.3, 0.4) is 0 Å². The van der Waals surface area contributed by atoms with Gasteiger partial charge in [-0.2, -0.15) is 0 Å². The van der Waals surface area contributed by atoms with Gasteiger partial charge in [0.25, 0.3) is 5.91 Å². The first-order valence-electron chi connectivity index (χ1n) is 46.8. The van der Waals surface area contributed by atoms with Crippen LogP contribution in [0.15, 0.2) is 164 Å². The minimum Gasteiger partial charge on any atom is -0.497 e. The first kappa shape index (κ1) is 104. The molecule has 1 N–H and O–H groups in total. The Hall–Kier alpha value is -5.76. The van der Waals surface area contributed by atoms with Crippen molar-refractivity contribution in [1.82, 2.24) is 5.32 Å². The van der Waals surface area contributed by atoms with Gasteiger partial charge in [-0.1, -0.05) is 252 Å². The quantitative estimate of drug-likeness (QED) is 0.0486. The minimum absolute atomic E-state index is 0.00152. The molecule has 4 unspecified atom stereocenters. The normalized spacial score (nSPS) is 31.5. The second-order valence-electron chi connectivity index (χ2n) is 36.3. The minimum atomic E-state index is -2.68. The molecule has 5 aliphatic rings. The molecule has 6 bridgehead atoms. The highest BCUT2D eigenvalue weighted by atomic mass is 28.4. The van der Waals surface area contributed by atoms with Gasteiger partial charge < -0.3 is 79.9 Å².